The Morgan fingerprint density at radius 3 is 1.84 bits per heavy atom. The van der Waals surface area contributed by atoms with Crippen LogP contribution >= 0.6 is 0 Å². The third-order valence-electron chi connectivity index (χ3n) is 7.18. The van der Waals surface area contributed by atoms with Crippen molar-refractivity contribution >= 4 is 11.7 Å². The Labute approximate surface area is 227 Å². The lowest BCUT2D eigenvalue weighted by Crippen LogP contribution is -2.07. The zero-order chi connectivity index (χ0) is 26.4. The molecule has 0 fully saturated rings. The number of esters is 1. The highest BCUT2D eigenvalue weighted by Crippen LogP contribution is 2.19. The van der Waals surface area contributed by atoms with Gasteiger partial charge in [-0.05, 0) is 48.8 Å². The second-order valence-corrected chi connectivity index (χ2v) is 10.5. The minimum atomic E-state index is -0.233. The monoisotopic (exact) mass is 511 g/mol. The normalized spacial score (nSPS) is 14.3. The van der Waals surface area contributed by atoms with Crippen molar-refractivity contribution < 1.29 is 14.3 Å². The zero-order valence-corrected chi connectivity index (χ0v) is 23.8. The summed E-state index contributed by atoms with van der Waals surface area (Å²) in [5.41, 5.74) is 2.76. The SMILES string of the molecule is CCCCCCCCCCCCCCCCCCOC(=O)c1ccc(NC=C2CC=C(CC)OC2)cc1. The van der Waals surface area contributed by atoms with E-state index < -0.39 is 0 Å². The number of hydrogen-bond donors (Lipinski definition) is 1. The molecule has 0 amide bonds. The molecule has 0 aliphatic carbocycles. The molecule has 1 aromatic rings. The Bertz CT molecular complexity index is 781. The fourth-order valence-electron chi connectivity index (χ4n) is 4.68. The number of allylic oxidation sites excluding steroid dienone is 2. The van der Waals surface area contributed by atoms with Crippen LogP contribution in [0.2, 0.25) is 0 Å². The summed E-state index contributed by atoms with van der Waals surface area (Å²) < 4.78 is 11.1. The van der Waals surface area contributed by atoms with E-state index in [4.69, 9.17) is 9.47 Å². The predicted octanol–water partition coefficient (Wildman–Crippen LogP) is 10.1. The number of unbranched alkanes of at least 4 members (excludes halogenated alkanes) is 15. The number of nitrogens with one attached hydrogen (secondary N) is 1. The zero-order valence-electron chi connectivity index (χ0n) is 23.8. The smallest absolute Gasteiger partial charge is 0.338 e. The van der Waals surface area contributed by atoms with Crippen molar-refractivity contribution in [2.75, 3.05) is 18.5 Å². The third kappa shape index (κ3) is 14.9. The van der Waals surface area contributed by atoms with Crippen molar-refractivity contribution in [3.63, 3.8) is 0 Å². The molecule has 1 aliphatic rings. The van der Waals surface area contributed by atoms with Gasteiger partial charge < -0.3 is 14.8 Å². The summed E-state index contributed by atoms with van der Waals surface area (Å²) in [6.45, 7) is 5.53. The topological polar surface area (TPSA) is 47.6 Å². The highest BCUT2D eigenvalue weighted by atomic mass is 16.5. The van der Waals surface area contributed by atoms with Crippen LogP contribution in [0.15, 0.2) is 47.9 Å². The van der Waals surface area contributed by atoms with Crippen molar-refractivity contribution in [2.45, 2.75) is 129 Å². The van der Waals surface area contributed by atoms with E-state index >= 15 is 0 Å². The number of benzene rings is 1. The highest BCUT2D eigenvalue weighted by molar-refractivity contribution is 5.89. The van der Waals surface area contributed by atoms with Crippen LogP contribution in [-0.2, 0) is 9.47 Å². The molecule has 1 heterocycles. The molecule has 0 spiro atoms. The van der Waals surface area contributed by atoms with Crippen LogP contribution in [0.5, 0.6) is 0 Å². The van der Waals surface area contributed by atoms with Gasteiger partial charge in [0.1, 0.15) is 6.61 Å². The maximum atomic E-state index is 12.3. The number of ether oxygens (including phenoxy) is 2. The Morgan fingerprint density at radius 1 is 0.811 bits per heavy atom. The second kappa shape index (κ2) is 20.8. The van der Waals surface area contributed by atoms with E-state index in [1.54, 1.807) is 0 Å². The maximum Gasteiger partial charge on any atom is 0.338 e. The second-order valence-electron chi connectivity index (χ2n) is 10.5. The van der Waals surface area contributed by atoms with Gasteiger partial charge in [-0.25, -0.2) is 4.79 Å². The fraction of sp³-hybridized carbons (Fsp3) is 0.667. The summed E-state index contributed by atoms with van der Waals surface area (Å²) in [6.07, 6.45) is 27.5. The van der Waals surface area contributed by atoms with Crippen LogP contribution < -0.4 is 5.32 Å². The molecule has 0 saturated heterocycles. The molecule has 208 valence electrons. The number of anilines is 1. The number of carbonyl (C=O) groups excluding carboxylic acids is 1. The molecular formula is C33H53NO3. The first kappa shape index (κ1) is 31.0. The van der Waals surface area contributed by atoms with Gasteiger partial charge in [0.15, 0.2) is 0 Å². The molecule has 0 bridgehead atoms. The van der Waals surface area contributed by atoms with E-state index in [2.05, 4.69) is 25.2 Å². The van der Waals surface area contributed by atoms with E-state index in [9.17, 15) is 4.79 Å². The van der Waals surface area contributed by atoms with E-state index in [1.165, 1.54) is 95.5 Å². The standard InChI is InChI=1S/C33H53NO3/c1-3-5-6-7-8-9-10-11-12-13-14-15-16-17-18-19-26-36-33(35)30-21-23-31(24-22-30)34-27-29-20-25-32(4-2)37-28-29/h21-25,27,34H,3-20,26,28H2,1-2H3. The van der Waals surface area contributed by atoms with Crippen LogP contribution in [0, 0.1) is 0 Å². The van der Waals surface area contributed by atoms with Gasteiger partial charge >= 0.3 is 5.97 Å². The molecule has 37 heavy (non-hydrogen) atoms. The first-order valence-corrected chi connectivity index (χ1v) is 15.3. The molecular weight excluding hydrogens is 458 g/mol. The van der Waals surface area contributed by atoms with Gasteiger partial charge in [0, 0.05) is 18.3 Å². The van der Waals surface area contributed by atoms with Gasteiger partial charge in [0.2, 0.25) is 0 Å². The minimum Gasteiger partial charge on any atom is -0.494 e. The van der Waals surface area contributed by atoms with Gasteiger partial charge in [-0.2, -0.15) is 0 Å². The van der Waals surface area contributed by atoms with Gasteiger partial charge in [-0.3, -0.25) is 0 Å². The third-order valence-corrected chi connectivity index (χ3v) is 7.18. The quantitative estimate of drug-likeness (QED) is 0.132. The summed E-state index contributed by atoms with van der Waals surface area (Å²) >= 11 is 0. The summed E-state index contributed by atoms with van der Waals surface area (Å²) in [5, 5.41) is 3.29. The predicted molar refractivity (Wildman–Crippen MR) is 157 cm³/mol. The van der Waals surface area contributed by atoms with E-state index in [-0.39, 0.29) is 5.97 Å². The number of carbonyl (C=O) groups is 1. The van der Waals surface area contributed by atoms with Gasteiger partial charge in [-0.15, -0.1) is 0 Å². The Kier molecular flexibility index (Phi) is 17.4. The summed E-state index contributed by atoms with van der Waals surface area (Å²) in [5.74, 6) is 0.836. The van der Waals surface area contributed by atoms with Gasteiger partial charge in [-0.1, -0.05) is 110 Å². The van der Waals surface area contributed by atoms with Gasteiger partial charge in [0.25, 0.3) is 0 Å². The van der Waals surface area contributed by atoms with Crippen LogP contribution in [0.1, 0.15) is 140 Å². The molecule has 0 radical (unpaired) electrons. The van der Waals surface area contributed by atoms with E-state index in [0.717, 1.165) is 37.1 Å². The molecule has 1 N–H and O–H groups in total. The van der Waals surface area contributed by atoms with Crippen molar-refractivity contribution in [1.29, 1.82) is 0 Å². The molecule has 2 rings (SSSR count). The first-order chi connectivity index (χ1) is 18.2. The van der Waals surface area contributed by atoms with E-state index in [1.807, 2.05) is 30.5 Å². The molecule has 0 unspecified atom stereocenters. The first-order valence-electron chi connectivity index (χ1n) is 15.3. The Hall–Kier alpha value is -2.23. The molecule has 0 atom stereocenters. The van der Waals surface area contributed by atoms with Crippen LogP contribution in [0.25, 0.3) is 0 Å². The molecule has 1 aromatic carbocycles. The van der Waals surface area contributed by atoms with Crippen molar-refractivity contribution in [2.24, 2.45) is 0 Å². The molecule has 0 saturated carbocycles. The lowest BCUT2D eigenvalue weighted by atomic mass is 10.0. The van der Waals surface area contributed by atoms with Crippen molar-refractivity contribution in [3.8, 4) is 0 Å². The van der Waals surface area contributed by atoms with Crippen molar-refractivity contribution in [1.82, 2.24) is 0 Å². The molecule has 1 aliphatic heterocycles. The maximum absolute atomic E-state index is 12.3. The lowest BCUT2D eigenvalue weighted by Gasteiger charge is -2.16. The Balaban J connectivity index is 1.41. The average Bonchev–Trinajstić information content (AvgIpc) is 2.94. The molecule has 4 nitrogen and oxygen atoms in total. The molecule has 4 heteroatoms. The van der Waals surface area contributed by atoms with Gasteiger partial charge in [0.05, 0.1) is 17.9 Å². The van der Waals surface area contributed by atoms with Crippen LogP contribution in [0.3, 0.4) is 0 Å². The van der Waals surface area contributed by atoms with Crippen LogP contribution in [-0.4, -0.2) is 19.2 Å². The minimum absolute atomic E-state index is 0.233. The highest BCUT2D eigenvalue weighted by Gasteiger charge is 2.08. The summed E-state index contributed by atoms with van der Waals surface area (Å²) in [6, 6.07) is 7.48. The lowest BCUT2D eigenvalue weighted by molar-refractivity contribution is 0.0497. The number of hydrogen-bond acceptors (Lipinski definition) is 4. The van der Waals surface area contributed by atoms with Crippen molar-refractivity contribution in [3.05, 3.63) is 53.4 Å². The summed E-state index contributed by atoms with van der Waals surface area (Å²) in [7, 11) is 0. The van der Waals surface area contributed by atoms with Crippen LogP contribution in [0.4, 0.5) is 5.69 Å². The fourth-order valence-corrected chi connectivity index (χ4v) is 4.68. The number of rotatable bonds is 21. The Morgan fingerprint density at radius 2 is 1.35 bits per heavy atom. The van der Waals surface area contributed by atoms with E-state index in [0.29, 0.717) is 18.8 Å². The summed E-state index contributed by atoms with van der Waals surface area (Å²) in [4.78, 5) is 12.3. The molecule has 0 aromatic heterocycles. The average molecular weight is 512 g/mol. The largest absolute Gasteiger partial charge is 0.494 e.